The van der Waals surface area contributed by atoms with Gasteiger partial charge in [-0.05, 0) is 13.3 Å². The number of unbranched alkanes of at least 4 members (excludes halogenated alkanes) is 2. The van der Waals surface area contributed by atoms with Gasteiger partial charge in [-0.25, -0.2) is 4.79 Å². The Labute approximate surface area is 84.0 Å². The Kier molecular flexibility index (Phi) is 6.45. The number of nitrogens with one attached hydrogen (secondary N) is 1. The highest BCUT2D eigenvalue weighted by molar-refractivity contribution is 5.97. The van der Waals surface area contributed by atoms with Gasteiger partial charge in [-0.1, -0.05) is 25.8 Å². The van der Waals surface area contributed by atoms with Crippen molar-refractivity contribution >= 4 is 11.9 Å². The Balaban J connectivity index is 4.00. The van der Waals surface area contributed by atoms with Crippen LogP contribution in [0.3, 0.4) is 0 Å². The Hall–Kier alpha value is -1.32. The quantitative estimate of drug-likeness (QED) is 0.509. The molecule has 0 aromatic carbocycles. The zero-order valence-corrected chi connectivity index (χ0v) is 8.67. The first kappa shape index (κ1) is 12.7. The van der Waals surface area contributed by atoms with Gasteiger partial charge < -0.3 is 5.11 Å². The zero-order valence-electron chi connectivity index (χ0n) is 8.67. The number of rotatable bonds is 6. The third-order valence-corrected chi connectivity index (χ3v) is 1.84. The summed E-state index contributed by atoms with van der Waals surface area (Å²) in [7, 11) is 0. The van der Waals surface area contributed by atoms with E-state index < -0.39 is 6.09 Å². The molecule has 0 unspecified atom stereocenters. The molecule has 0 bridgehead atoms. The van der Waals surface area contributed by atoms with E-state index in [9.17, 15) is 9.59 Å². The number of ketones is 1. The van der Waals surface area contributed by atoms with Gasteiger partial charge in [0.1, 0.15) is 0 Å². The molecule has 0 saturated carbocycles. The Bertz CT molecular complexity index is 234. The fraction of sp³-hybridized carbons (Fsp3) is 0.600. The molecule has 0 saturated heterocycles. The van der Waals surface area contributed by atoms with E-state index in [-0.39, 0.29) is 11.5 Å². The van der Waals surface area contributed by atoms with Gasteiger partial charge in [-0.15, -0.1) is 0 Å². The van der Waals surface area contributed by atoms with E-state index in [1.165, 1.54) is 6.08 Å². The van der Waals surface area contributed by atoms with E-state index in [1.54, 1.807) is 6.92 Å². The molecule has 0 fully saturated rings. The summed E-state index contributed by atoms with van der Waals surface area (Å²) in [5.74, 6) is -0.136. The molecule has 4 heteroatoms. The third-order valence-electron chi connectivity index (χ3n) is 1.84. The van der Waals surface area contributed by atoms with Gasteiger partial charge in [0, 0.05) is 6.42 Å². The van der Waals surface area contributed by atoms with Crippen LogP contribution in [0.2, 0.25) is 0 Å². The molecular formula is C10H17NO3. The smallest absolute Gasteiger partial charge is 0.409 e. The zero-order chi connectivity index (χ0) is 11.0. The van der Waals surface area contributed by atoms with E-state index in [4.69, 9.17) is 5.11 Å². The van der Waals surface area contributed by atoms with Crippen LogP contribution < -0.4 is 5.32 Å². The lowest BCUT2D eigenvalue weighted by Gasteiger charge is -2.04. The fourth-order valence-electron chi connectivity index (χ4n) is 1.09. The molecule has 0 aromatic heterocycles. The summed E-state index contributed by atoms with van der Waals surface area (Å²) in [5, 5.41) is 10.5. The molecule has 0 rings (SSSR count). The number of amides is 1. The van der Waals surface area contributed by atoms with E-state index >= 15 is 0 Å². The molecule has 0 aliphatic carbocycles. The number of carbonyl (C=O) groups is 2. The van der Waals surface area contributed by atoms with Crippen molar-refractivity contribution in [1.29, 1.82) is 0 Å². The first-order chi connectivity index (χ1) is 6.61. The maximum atomic E-state index is 11.4. The number of carbonyl (C=O) groups excluding carboxylic acids is 1. The lowest BCUT2D eigenvalue weighted by Crippen LogP contribution is -2.25. The first-order valence-corrected chi connectivity index (χ1v) is 4.81. The Morgan fingerprint density at radius 1 is 1.36 bits per heavy atom. The normalized spacial score (nSPS) is 11.1. The van der Waals surface area contributed by atoms with Crippen LogP contribution in [0.25, 0.3) is 0 Å². The largest absolute Gasteiger partial charge is 0.465 e. The number of allylic oxidation sites excluding steroid dienone is 2. The van der Waals surface area contributed by atoms with Crippen molar-refractivity contribution < 1.29 is 14.7 Å². The Morgan fingerprint density at radius 2 is 2.00 bits per heavy atom. The maximum Gasteiger partial charge on any atom is 0.409 e. The van der Waals surface area contributed by atoms with Crippen LogP contribution >= 0.6 is 0 Å². The van der Waals surface area contributed by atoms with Crippen LogP contribution in [0.4, 0.5) is 4.79 Å². The highest BCUT2D eigenvalue weighted by Crippen LogP contribution is 2.04. The summed E-state index contributed by atoms with van der Waals surface area (Å²) in [6, 6.07) is 0. The first-order valence-electron chi connectivity index (χ1n) is 4.81. The van der Waals surface area contributed by atoms with Gasteiger partial charge in [0.05, 0.1) is 5.70 Å². The molecule has 4 nitrogen and oxygen atoms in total. The molecule has 1 amide bonds. The molecule has 0 aliphatic rings. The molecule has 80 valence electrons. The molecule has 2 N–H and O–H groups in total. The predicted molar refractivity (Wildman–Crippen MR) is 54.1 cm³/mol. The molecule has 0 atom stereocenters. The van der Waals surface area contributed by atoms with Gasteiger partial charge >= 0.3 is 6.09 Å². The van der Waals surface area contributed by atoms with Crippen molar-refractivity contribution in [3.05, 3.63) is 11.8 Å². The third kappa shape index (κ3) is 5.35. The summed E-state index contributed by atoms with van der Waals surface area (Å²) < 4.78 is 0. The van der Waals surface area contributed by atoms with Gasteiger partial charge in [0.2, 0.25) is 0 Å². The molecule has 0 heterocycles. The molecular weight excluding hydrogens is 182 g/mol. The monoisotopic (exact) mass is 199 g/mol. The molecule has 14 heavy (non-hydrogen) atoms. The average molecular weight is 199 g/mol. The lowest BCUT2D eigenvalue weighted by atomic mass is 10.1. The van der Waals surface area contributed by atoms with Crippen LogP contribution in [0.5, 0.6) is 0 Å². The molecule has 0 aliphatic heterocycles. The van der Waals surface area contributed by atoms with E-state index in [0.717, 1.165) is 19.3 Å². The van der Waals surface area contributed by atoms with E-state index in [0.29, 0.717) is 6.42 Å². The van der Waals surface area contributed by atoms with Crippen LogP contribution in [-0.2, 0) is 4.79 Å². The average Bonchev–Trinajstić information content (AvgIpc) is 2.14. The van der Waals surface area contributed by atoms with Gasteiger partial charge in [0.15, 0.2) is 5.78 Å². The highest BCUT2D eigenvalue weighted by atomic mass is 16.4. The SMILES string of the molecule is CC=C(NC(=O)O)C(=O)CCCCC. The van der Waals surface area contributed by atoms with Gasteiger partial charge in [-0.2, -0.15) is 0 Å². The standard InChI is InChI=1S/C10H17NO3/c1-3-5-6-7-9(12)8(4-2)11-10(13)14/h4,11H,3,5-7H2,1-2H3,(H,13,14). The van der Waals surface area contributed by atoms with E-state index in [1.807, 2.05) is 0 Å². The summed E-state index contributed by atoms with van der Waals surface area (Å²) >= 11 is 0. The minimum absolute atomic E-state index is 0.136. The van der Waals surface area contributed by atoms with Gasteiger partial charge in [-0.3, -0.25) is 10.1 Å². The number of hydrogen-bond acceptors (Lipinski definition) is 2. The summed E-state index contributed by atoms with van der Waals surface area (Å²) in [4.78, 5) is 21.7. The van der Waals surface area contributed by atoms with Crippen molar-refractivity contribution in [2.24, 2.45) is 0 Å². The van der Waals surface area contributed by atoms with Crippen molar-refractivity contribution in [1.82, 2.24) is 5.32 Å². The van der Waals surface area contributed by atoms with Crippen molar-refractivity contribution in [2.45, 2.75) is 39.5 Å². The second kappa shape index (κ2) is 7.12. The number of carboxylic acid groups (broad SMARTS) is 1. The van der Waals surface area contributed by atoms with Crippen LogP contribution in [-0.4, -0.2) is 17.0 Å². The minimum Gasteiger partial charge on any atom is -0.465 e. The molecule has 0 radical (unpaired) electrons. The van der Waals surface area contributed by atoms with Crippen molar-refractivity contribution in [3.8, 4) is 0 Å². The van der Waals surface area contributed by atoms with Crippen LogP contribution in [0.15, 0.2) is 11.8 Å². The molecule has 0 spiro atoms. The van der Waals surface area contributed by atoms with Crippen LogP contribution in [0, 0.1) is 0 Å². The van der Waals surface area contributed by atoms with Gasteiger partial charge in [0.25, 0.3) is 0 Å². The minimum atomic E-state index is -1.19. The maximum absolute atomic E-state index is 11.4. The second-order valence-electron chi connectivity index (χ2n) is 3.01. The predicted octanol–water partition coefficient (Wildman–Crippen LogP) is 2.31. The number of Topliss-reactive ketones (excluding diaryl/α,β-unsaturated/α-hetero) is 1. The topological polar surface area (TPSA) is 66.4 Å². The lowest BCUT2D eigenvalue weighted by molar-refractivity contribution is -0.116. The highest BCUT2D eigenvalue weighted by Gasteiger charge is 2.09. The van der Waals surface area contributed by atoms with Crippen molar-refractivity contribution in [2.75, 3.05) is 0 Å². The summed E-state index contributed by atoms with van der Waals surface area (Å²) in [5.41, 5.74) is 0.175. The van der Waals surface area contributed by atoms with Crippen LogP contribution in [0.1, 0.15) is 39.5 Å². The number of hydrogen-bond donors (Lipinski definition) is 2. The fourth-order valence-corrected chi connectivity index (χ4v) is 1.09. The van der Waals surface area contributed by atoms with E-state index in [2.05, 4.69) is 12.2 Å². The summed E-state index contributed by atoms with van der Waals surface area (Å²) in [6.07, 6.45) is 3.56. The Morgan fingerprint density at radius 3 is 2.43 bits per heavy atom. The van der Waals surface area contributed by atoms with Crippen molar-refractivity contribution in [3.63, 3.8) is 0 Å². The second-order valence-corrected chi connectivity index (χ2v) is 3.01. The summed E-state index contributed by atoms with van der Waals surface area (Å²) in [6.45, 7) is 3.69. The molecule has 0 aromatic rings.